The van der Waals surface area contributed by atoms with E-state index in [2.05, 4.69) is 40.5 Å². The molecule has 0 aliphatic carbocycles. The summed E-state index contributed by atoms with van der Waals surface area (Å²) in [4.78, 5) is 19.1. The average Bonchev–Trinajstić information content (AvgIpc) is 3.10. The monoisotopic (exact) mass is 333 g/mol. The van der Waals surface area contributed by atoms with Crippen LogP contribution in [-0.2, 0) is 19.4 Å². The summed E-state index contributed by atoms with van der Waals surface area (Å²) in [5.41, 5.74) is 0.584. The van der Waals surface area contributed by atoms with Crippen LogP contribution in [0.2, 0.25) is 0 Å². The Hall–Kier alpha value is -1.76. The Morgan fingerprint density at radius 3 is 2.87 bits per heavy atom. The van der Waals surface area contributed by atoms with Crippen LogP contribution < -0.4 is 0 Å². The van der Waals surface area contributed by atoms with Crippen LogP contribution in [0.3, 0.4) is 0 Å². The number of carbonyl (C=O) groups excluding carboxylic acids is 1. The third kappa shape index (κ3) is 3.29. The highest BCUT2D eigenvalue weighted by Gasteiger charge is 2.24. The summed E-state index contributed by atoms with van der Waals surface area (Å²) in [6, 6.07) is 0. The Bertz CT molecular complexity index is 690. The van der Waals surface area contributed by atoms with Crippen molar-refractivity contribution in [1.29, 1.82) is 0 Å². The van der Waals surface area contributed by atoms with E-state index in [0.29, 0.717) is 24.7 Å². The summed E-state index contributed by atoms with van der Waals surface area (Å²) in [6.07, 6.45) is 2.74. The van der Waals surface area contributed by atoms with Gasteiger partial charge in [0.05, 0.1) is 5.01 Å². The molecule has 0 saturated heterocycles. The number of aryl methyl sites for hydroxylation is 1. The molecule has 1 aliphatic rings. The van der Waals surface area contributed by atoms with Gasteiger partial charge in [-0.3, -0.25) is 4.79 Å². The zero-order chi connectivity index (χ0) is 16.4. The second kappa shape index (κ2) is 6.78. The molecule has 124 valence electrons. The molecule has 3 rings (SSSR count). The van der Waals surface area contributed by atoms with E-state index in [1.54, 1.807) is 11.3 Å². The highest BCUT2D eigenvalue weighted by atomic mass is 32.1. The van der Waals surface area contributed by atoms with E-state index in [1.807, 2.05) is 10.3 Å². The molecule has 23 heavy (non-hydrogen) atoms. The Morgan fingerprint density at radius 2 is 2.13 bits per heavy atom. The average molecular weight is 333 g/mol. The van der Waals surface area contributed by atoms with Crippen LogP contribution in [-0.4, -0.2) is 43.6 Å². The number of rotatable bonds is 4. The minimum atomic E-state index is 0.0356. The van der Waals surface area contributed by atoms with Gasteiger partial charge in [0.15, 0.2) is 0 Å². The molecule has 2 aromatic rings. The molecule has 3 heterocycles. The minimum Gasteiger partial charge on any atom is -0.335 e. The lowest BCUT2D eigenvalue weighted by Crippen LogP contribution is -2.34. The molecule has 7 heteroatoms. The molecule has 1 amide bonds. The van der Waals surface area contributed by atoms with Gasteiger partial charge in [0, 0.05) is 37.4 Å². The van der Waals surface area contributed by atoms with Crippen molar-refractivity contribution in [2.45, 2.75) is 52.5 Å². The first-order chi connectivity index (χ1) is 11.1. The number of aromatic nitrogens is 4. The topological polar surface area (TPSA) is 63.9 Å². The van der Waals surface area contributed by atoms with Crippen molar-refractivity contribution in [1.82, 2.24) is 24.6 Å². The van der Waals surface area contributed by atoms with Crippen molar-refractivity contribution in [2.24, 2.45) is 0 Å². The van der Waals surface area contributed by atoms with E-state index in [1.165, 1.54) is 0 Å². The second-order valence-electron chi connectivity index (χ2n) is 6.20. The van der Waals surface area contributed by atoms with Gasteiger partial charge in [-0.2, -0.15) is 0 Å². The van der Waals surface area contributed by atoms with Gasteiger partial charge in [-0.1, -0.05) is 20.8 Å². The quantitative estimate of drug-likeness (QED) is 0.862. The van der Waals surface area contributed by atoms with E-state index in [9.17, 15) is 4.79 Å². The van der Waals surface area contributed by atoms with Crippen LogP contribution in [0.25, 0.3) is 0 Å². The number of nitrogens with zero attached hydrogens (tertiary/aromatic N) is 5. The zero-order valence-electron chi connectivity index (χ0n) is 13.9. The van der Waals surface area contributed by atoms with Gasteiger partial charge in [-0.05, 0) is 12.8 Å². The van der Waals surface area contributed by atoms with Gasteiger partial charge in [-0.15, -0.1) is 21.5 Å². The predicted octanol–water partition coefficient (Wildman–Crippen LogP) is 2.51. The molecule has 0 aromatic carbocycles. The number of amides is 1. The summed E-state index contributed by atoms with van der Waals surface area (Å²) >= 11 is 1.58. The number of thiazole rings is 1. The van der Waals surface area contributed by atoms with Gasteiger partial charge in [0.25, 0.3) is 5.91 Å². The molecule has 0 fully saturated rings. The van der Waals surface area contributed by atoms with E-state index in [4.69, 9.17) is 0 Å². The second-order valence-corrected chi connectivity index (χ2v) is 7.14. The predicted molar refractivity (Wildman–Crippen MR) is 89.8 cm³/mol. The van der Waals surface area contributed by atoms with E-state index < -0.39 is 0 Å². The lowest BCUT2D eigenvalue weighted by molar-refractivity contribution is 0.0753. The van der Waals surface area contributed by atoms with Gasteiger partial charge in [0.1, 0.15) is 17.3 Å². The normalized spacial score (nSPS) is 14.9. The first kappa shape index (κ1) is 16.1. The van der Waals surface area contributed by atoms with Crippen LogP contribution in [0.5, 0.6) is 0 Å². The Kier molecular flexibility index (Phi) is 4.75. The van der Waals surface area contributed by atoms with Crippen LogP contribution >= 0.6 is 11.3 Å². The summed E-state index contributed by atoms with van der Waals surface area (Å²) in [5.74, 6) is 2.36. The number of hydrogen-bond acceptors (Lipinski definition) is 5. The van der Waals surface area contributed by atoms with Gasteiger partial charge < -0.3 is 9.47 Å². The van der Waals surface area contributed by atoms with Crippen LogP contribution in [0, 0.1) is 0 Å². The molecule has 0 unspecified atom stereocenters. The Balaban J connectivity index is 1.72. The largest absolute Gasteiger partial charge is 0.335 e. The standard InChI is InChI=1S/C16H23N5OS/c1-4-5-14-17-12(10-23-14)16(22)20-7-6-13-18-19-15(11(2)3)21(13)9-8-20/h10-11H,4-9H2,1-3H3. The van der Waals surface area contributed by atoms with Crippen molar-refractivity contribution in [3.63, 3.8) is 0 Å². The molecule has 2 aromatic heterocycles. The first-order valence-electron chi connectivity index (χ1n) is 8.25. The Morgan fingerprint density at radius 1 is 1.30 bits per heavy atom. The summed E-state index contributed by atoms with van der Waals surface area (Å²) in [5, 5.41) is 11.5. The SMILES string of the molecule is CCCc1nc(C(=O)N2CCc3nnc(C(C)C)n3CC2)cs1. The summed E-state index contributed by atoms with van der Waals surface area (Å²) in [6.45, 7) is 8.48. The fourth-order valence-corrected chi connectivity index (χ4v) is 3.75. The van der Waals surface area contributed by atoms with Crippen molar-refractivity contribution in [2.75, 3.05) is 13.1 Å². The molecular formula is C16H23N5OS. The maximum absolute atomic E-state index is 12.7. The minimum absolute atomic E-state index is 0.0356. The van der Waals surface area contributed by atoms with E-state index >= 15 is 0 Å². The number of hydrogen-bond donors (Lipinski definition) is 0. The molecule has 0 bridgehead atoms. The first-order valence-corrected chi connectivity index (χ1v) is 9.13. The number of fused-ring (bicyclic) bond motifs is 1. The van der Waals surface area contributed by atoms with Gasteiger partial charge in [0.2, 0.25) is 0 Å². The highest BCUT2D eigenvalue weighted by molar-refractivity contribution is 7.09. The molecule has 0 radical (unpaired) electrons. The maximum Gasteiger partial charge on any atom is 0.273 e. The van der Waals surface area contributed by atoms with Crippen LogP contribution in [0.4, 0.5) is 0 Å². The van der Waals surface area contributed by atoms with Crippen LogP contribution in [0.1, 0.15) is 60.3 Å². The lowest BCUT2D eigenvalue weighted by Gasteiger charge is -2.19. The number of carbonyl (C=O) groups is 1. The lowest BCUT2D eigenvalue weighted by atomic mass is 10.2. The third-order valence-corrected chi connectivity index (χ3v) is 5.00. The Labute approximate surface area is 140 Å². The molecule has 0 saturated carbocycles. The van der Waals surface area contributed by atoms with Crippen molar-refractivity contribution < 1.29 is 4.79 Å². The molecule has 6 nitrogen and oxygen atoms in total. The maximum atomic E-state index is 12.7. The van der Waals surface area contributed by atoms with Crippen molar-refractivity contribution in [3.8, 4) is 0 Å². The molecule has 0 atom stereocenters. The van der Waals surface area contributed by atoms with Crippen LogP contribution in [0.15, 0.2) is 5.38 Å². The van der Waals surface area contributed by atoms with Crippen molar-refractivity contribution >= 4 is 17.2 Å². The van der Waals surface area contributed by atoms with Gasteiger partial charge >= 0.3 is 0 Å². The fourth-order valence-electron chi connectivity index (χ4n) is 2.88. The van der Waals surface area contributed by atoms with Crippen molar-refractivity contribution in [3.05, 3.63) is 27.7 Å². The molecule has 0 spiro atoms. The molecular weight excluding hydrogens is 310 g/mol. The summed E-state index contributed by atoms with van der Waals surface area (Å²) in [7, 11) is 0. The summed E-state index contributed by atoms with van der Waals surface area (Å²) < 4.78 is 2.17. The van der Waals surface area contributed by atoms with Gasteiger partial charge in [-0.25, -0.2) is 4.98 Å². The van der Waals surface area contributed by atoms with E-state index in [-0.39, 0.29) is 5.91 Å². The third-order valence-electron chi connectivity index (χ3n) is 4.09. The molecule has 1 aliphatic heterocycles. The highest BCUT2D eigenvalue weighted by Crippen LogP contribution is 2.18. The van der Waals surface area contributed by atoms with E-state index in [0.717, 1.165) is 42.5 Å². The molecule has 0 N–H and O–H groups in total. The zero-order valence-corrected chi connectivity index (χ0v) is 14.8. The fraction of sp³-hybridized carbons (Fsp3) is 0.625. The smallest absolute Gasteiger partial charge is 0.273 e.